The van der Waals surface area contributed by atoms with Crippen molar-refractivity contribution in [2.45, 2.75) is 72.6 Å². The SMILES string of the molecule is CCN(CC)C(=O)[C@H]1CCC2C3CN=C4CC(=O)CC[C@]4(C)C3CC[C@@]21C. The van der Waals surface area contributed by atoms with Gasteiger partial charge in [0.05, 0.1) is 0 Å². The number of amides is 1. The van der Waals surface area contributed by atoms with Crippen LogP contribution in [0.2, 0.25) is 0 Å². The van der Waals surface area contributed by atoms with Crippen LogP contribution in [0.25, 0.3) is 0 Å². The summed E-state index contributed by atoms with van der Waals surface area (Å²) in [5.41, 5.74) is 1.45. The molecule has 150 valence electrons. The minimum absolute atomic E-state index is 0.124. The Morgan fingerprint density at radius 3 is 2.56 bits per heavy atom. The second kappa shape index (κ2) is 6.70. The quantitative estimate of drug-likeness (QED) is 0.748. The normalized spacial score (nSPS) is 43.4. The molecule has 0 aromatic rings. The molecule has 4 rings (SSSR count). The van der Waals surface area contributed by atoms with E-state index < -0.39 is 0 Å². The summed E-state index contributed by atoms with van der Waals surface area (Å²) in [6, 6.07) is 0. The first kappa shape index (κ1) is 19.1. The van der Waals surface area contributed by atoms with E-state index in [4.69, 9.17) is 4.99 Å². The maximum atomic E-state index is 13.2. The fourth-order valence-corrected chi connectivity index (χ4v) is 7.37. The Hall–Kier alpha value is -1.19. The van der Waals surface area contributed by atoms with E-state index in [1.165, 1.54) is 18.6 Å². The Balaban J connectivity index is 1.61. The van der Waals surface area contributed by atoms with E-state index >= 15 is 0 Å². The molecule has 1 heterocycles. The van der Waals surface area contributed by atoms with Gasteiger partial charge in [0, 0.05) is 49.5 Å². The maximum absolute atomic E-state index is 13.2. The monoisotopic (exact) mass is 372 g/mol. The van der Waals surface area contributed by atoms with Crippen LogP contribution in [-0.4, -0.2) is 41.9 Å². The van der Waals surface area contributed by atoms with Crippen molar-refractivity contribution in [3.05, 3.63) is 0 Å². The Morgan fingerprint density at radius 1 is 1.11 bits per heavy atom. The first-order chi connectivity index (χ1) is 12.8. The van der Waals surface area contributed by atoms with Crippen LogP contribution in [0.3, 0.4) is 0 Å². The molecule has 0 radical (unpaired) electrons. The topological polar surface area (TPSA) is 49.7 Å². The van der Waals surface area contributed by atoms with Crippen LogP contribution >= 0.6 is 0 Å². The van der Waals surface area contributed by atoms with E-state index in [1.807, 2.05) is 4.90 Å². The lowest BCUT2D eigenvalue weighted by Gasteiger charge is -2.56. The average Bonchev–Trinajstić information content (AvgIpc) is 3.00. The van der Waals surface area contributed by atoms with Gasteiger partial charge in [-0.15, -0.1) is 0 Å². The molecule has 0 bridgehead atoms. The zero-order valence-corrected chi connectivity index (χ0v) is 17.6. The van der Waals surface area contributed by atoms with Crippen LogP contribution < -0.4 is 0 Å². The molecule has 3 fully saturated rings. The van der Waals surface area contributed by atoms with Gasteiger partial charge in [0.25, 0.3) is 0 Å². The van der Waals surface area contributed by atoms with Crippen molar-refractivity contribution >= 4 is 17.4 Å². The lowest BCUT2D eigenvalue weighted by Crippen LogP contribution is -2.55. The van der Waals surface area contributed by atoms with Gasteiger partial charge in [-0.1, -0.05) is 13.8 Å². The molecule has 1 amide bonds. The number of hydrogen-bond acceptors (Lipinski definition) is 3. The number of rotatable bonds is 3. The number of hydrogen-bond donors (Lipinski definition) is 0. The largest absolute Gasteiger partial charge is 0.343 e. The van der Waals surface area contributed by atoms with Crippen molar-refractivity contribution in [2.75, 3.05) is 19.6 Å². The van der Waals surface area contributed by atoms with E-state index in [2.05, 4.69) is 27.7 Å². The van der Waals surface area contributed by atoms with E-state index in [0.717, 1.165) is 45.3 Å². The first-order valence-electron chi connectivity index (χ1n) is 11.2. The molecule has 0 saturated heterocycles. The molecule has 4 aliphatic rings. The van der Waals surface area contributed by atoms with Gasteiger partial charge in [-0.3, -0.25) is 14.6 Å². The molecule has 4 heteroatoms. The third-order valence-electron chi connectivity index (χ3n) is 9.07. The molecule has 0 aromatic heterocycles. The summed E-state index contributed by atoms with van der Waals surface area (Å²) in [4.78, 5) is 32.2. The highest BCUT2D eigenvalue weighted by Crippen LogP contribution is 2.63. The van der Waals surface area contributed by atoms with E-state index in [0.29, 0.717) is 35.9 Å². The second-order valence-corrected chi connectivity index (χ2v) is 9.98. The summed E-state index contributed by atoms with van der Waals surface area (Å²) >= 11 is 0. The predicted octanol–water partition coefficient (Wildman–Crippen LogP) is 4.13. The number of fused-ring (bicyclic) bond motifs is 5. The number of carbonyl (C=O) groups excluding carboxylic acids is 2. The van der Waals surface area contributed by atoms with Crippen LogP contribution in [0.1, 0.15) is 72.6 Å². The molecule has 4 nitrogen and oxygen atoms in total. The molecule has 0 N–H and O–H groups in total. The highest BCUT2D eigenvalue weighted by molar-refractivity contribution is 6.07. The van der Waals surface area contributed by atoms with Gasteiger partial charge in [-0.2, -0.15) is 0 Å². The average molecular weight is 373 g/mol. The van der Waals surface area contributed by atoms with Crippen molar-refractivity contribution in [1.82, 2.24) is 4.90 Å². The van der Waals surface area contributed by atoms with Gasteiger partial charge < -0.3 is 4.90 Å². The number of carbonyl (C=O) groups is 2. The molecular formula is C23H36N2O2. The summed E-state index contributed by atoms with van der Waals surface area (Å²) < 4.78 is 0. The van der Waals surface area contributed by atoms with E-state index in [1.54, 1.807) is 0 Å². The highest BCUT2D eigenvalue weighted by Gasteiger charge is 2.60. The Bertz CT molecular complexity index is 667. The minimum Gasteiger partial charge on any atom is -0.343 e. The van der Waals surface area contributed by atoms with Crippen LogP contribution in [0, 0.1) is 34.5 Å². The van der Waals surface area contributed by atoms with Crippen LogP contribution in [0.15, 0.2) is 4.99 Å². The highest BCUT2D eigenvalue weighted by atomic mass is 16.2. The lowest BCUT2D eigenvalue weighted by atomic mass is 9.49. The second-order valence-electron chi connectivity index (χ2n) is 9.98. The Labute approximate surface area is 164 Å². The molecular weight excluding hydrogens is 336 g/mol. The fraction of sp³-hybridized carbons (Fsp3) is 0.870. The van der Waals surface area contributed by atoms with Crippen molar-refractivity contribution in [3.63, 3.8) is 0 Å². The van der Waals surface area contributed by atoms with E-state index in [-0.39, 0.29) is 16.7 Å². The van der Waals surface area contributed by atoms with Crippen molar-refractivity contribution in [3.8, 4) is 0 Å². The molecule has 1 aliphatic heterocycles. The maximum Gasteiger partial charge on any atom is 0.226 e. The van der Waals surface area contributed by atoms with Crippen LogP contribution in [0.4, 0.5) is 0 Å². The van der Waals surface area contributed by atoms with Crippen molar-refractivity contribution < 1.29 is 9.59 Å². The molecule has 3 aliphatic carbocycles. The van der Waals surface area contributed by atoms with Crippen LogP contribution in [-0.2, 0) is 9.59 Å². The van der Waals surface area contributed by atoms with Gasteiger partial charge in [0.15, 0.2) is 0 Å². The molecule has 0 aromatic carbocycles. The van der Waals surface area contributed by atoms with Gasteiger partial charge in [-0.25, -0.2) is 0 Å². The summed E-state index contributed by atoms with van der Waals surface area (Å²) in [7, 11) is 0. The summed E-state index contributed by atoms with van der Waals surface area (Å²) in [6.07, 6.45) is 6.88. The van der Waals surface area contributed by atoms with Crippen LogP contribution in [0.5, 0.6) is 0 Å². The standard InChI is InChI=1S/C23H36N2O2/c1-5-25(6-2)21(27)19-8-7-17-16-14-24-20-13-15(26)9-11-23(20,4)18(16)10-12-22(17,19)3/h16-19H,5-14H2,1-4H3/t16?,17?,18?,19-,22+,23-/m1/s1. The summed E-state index contributed by atoms with van der Waals surface area (Å²) in [6.45, 7) is 11.5. The molecule has 3 saturated carbocycles. The molecule has 27 heavy (non-hydrogen) atoms. The number of nitrogens with zero attached hydrogens (tertiary/aromatic N) is 2. The third-order valence-corrected chi connectivity index (χ3v) is 9.07. The van der Waals surface area contributed by atoms with Gasteiger partial charge in [0.1, 0.15) is 5.78 Å². The van der Waals surface area contributed by atoms with Crippen molar-refractivity contribution in [2.24, 2.45) is 39.5 Å². The minimum atomic E-state index is 0.124. The van der Waals surface area contributed by atoms with Gasteiger partial charge in [-0.05, 0) is 69.1 Å². The first-order valence-corrected chi connectivity index (χ1v) is 11.2. The lowest BCUT2D eigenvalue weighted by molar-refractivity contribution is -0.141. The Kier molecular flexibility index (Phi) is 4.75. The number of Topliss-reactive ketones (excluding diaryl/α,β-unsaturated/α-hetero) is 1. The summed E-state index contributed by atoms with van der Waals surface area (Å²) in [5.74, 6) is 2.81. The molecule has 3 unspecified atom stereocenters. The number of aliphatic imine (C=N–C) groups is 1. The molecule has 0 spiro atoms. The van der Waals surface area contributed by atoms with Gasteiger partial charge in [0.2, 0.25) is 5.91 Å². The van der Waals surface area contributed by atoms with E-state index in [9.17, 15) is 9.59 Å². The smallest absolute Gasteiger partial charge is 0.226 e. The zero-order chi connectivity index (χ0) is 19.4. The predicted molar refractivity (Wildman–Crippen MR) is 108 cm³/mol. The fourth-order valence-electron chi connectivity index (χ4n) is 7.37. The zero-order valence-electron chi connectivity index (χ0n) is 17.6. The molecule has 6 atom stereocenters. The van der Waals surface area contributed by atoms with Gasteiger partial charge >= 0.3 is 0 Å². The number of ketones is 1. The third kappa shape index (κ3) is 2.73. The Morgan fingerprint density at radius 2 is 1.85 bits per heavy atom. The van der Waals surface area contributed by atoms with Crippen molar-refractivity contribution in [1.29, 1.82) is 0 Å². The summed E-state index contributed by atoms with van der Waals surface area (Å²) in [5, 5.41) is 0.